The molecule has 0 bridgehead atoms. The van der Waals surface area contributed by atoms with Crippen molar-refractivity contribution in [3.8, 4) is 11.1 Å². The number of nitrogens with two attached hydrogens (primary N) is 1. The zero-order valence-electron chi connectivity index (χ0n) is 7.74. The smallest absolute Gasteiger partial charge is 0.149 e. The van der Waals surface area contributed by atoms with Gasteiger partial charge in [-0.15, -0.1) is 0 Å². The summed E-state index contributed by atoms with van der Waals surface area (Å²) in [4.78, 5) is 3.82. The van der Waals surface area contributed by atoms with Crippen LogP contribution in [0.4, 0.5) is 14.5 Å². The quantitative estimate of drug-likeness (QED) is 0.728. The van der Waals surface area contributed by atoms with Crippen LogP contribution in [0, 0.1) is 11.6 Å². The molecule has 0 amide bonds. The molecule has 0 aliphatic carbocycles. The molecule has 1 aromatic carbocycles. The van der Waals surface area contributed by atoms with E-state index in [4.69, 9.17) is 5.73 Å². The lowest BCUT2D eigenvalue weighted by Crippen LogP contribution is -1.96. The Bertz CT molecular complexity index is 483. The average Bonchev–Trinajstić information content (AvgIpc) is 2.24. The van der Waals surface area contributed by atoms with Crippen molar-refractivity contribution in [1.82, 2.24) is 4.98 Å². The molecule has 0 saturated carbocycles. The second-order valence-electron chi connectivity index (χ2n) is 3.08. The largest absolute Gasteiger partial charge is 0.396 e. The van der Waals surface area contributed by atoms with Crippen molar-refractivity contribution in [2.24, 2.45) is 0 Å². The summed E-state index contributed by atoms with van der Waals surface area (Å²) in [6.07, 6.45) is 3.08. The Labute approximate surface area is 85.4 Å². The molecule has 0 aliphatic rings. The molecule has 2 aromatic rings. The van der Waals surface area contributed by atoms with E-state index in [2.05, 4.69) is 4.98 Å². The molecule has 4 heteroatoms. The molecule has 1 heterocycles. The van der Waals surface area contributed by atoms with Crippen molar-refractivity contribution in [2.45, 2.75) is 0 Å². The first kappa shape index (κ1) is 9.58. The fourth-order valence-corrected chi connectivity index (χ4v) is 1.36. The highest BCUT2D eigenvalue weighted by Gasteiger charge is 2.09. The maximum absolute atomic E-state index is 13.1. The summed E-state index contributed by atoms with van der Waals surface area (Å²) in [6.45, 7) is 0. The van der Waals surface area contributed by atoms with Crippen molar-refractivity contribution in [3.05, 3.63) is 48.3 Å². The average molecular weight is 206 g/mol. The van der Waals surface area contributed by atoms with E-state index < -0.39 is 11.6 Å². The van der Waals surface area contributed by atoms with Gasteiger partial charge in [0.25, 0.3) is 0 Å². The minimum Gasteiger partial charge on any atom is -0.396 e. The first-order valence-electron chi connectivity index (χ1n) is 4.33. The molecule has 2 rings (SSSR count). The van der Waals surface area contributed by atoms with Gasteiger partial charge in [0, 0.05) is 24.0 Å². The highest BCUT2D eigenvalue weighted by molar-refractivity contribution is 5.76. The lowest BCUT2D eigenvalue weighted by molar-refractivity contribution is 0.587. The summed E-state index contributed by atoms with van der Waals surface area (Å²) in [5, 5.41) is 0. The molecule has 0 fully saturated rings. The van der Waals surface area contributed by atoms with Crippen LogP contribution in [-0.2, 0) is 0 Å². The summed E-state index contributed by atoms with van der Waals surface area (Å²) < 4.78 is 26.1. The van der Waals surface area contributed by atoms with Crippen molar-refractivity contribution in [1.29, 1.82) is 0 Å². The van der Waals surface area contributed by atoms with Crippen LogP contribution in [0.5, 0.6) is 0 Å². The van der Waals surface area contributed by atoms with Gasteiger partial charge in [0.1, 0.15) is 11.6 Å². The second kappa shape index (κ2) is 3.65. The monoisotopic (exact) mass is 206 g/mol. The molecular weight excluding hydrogens is 198 g/mol. The molecule has 0 radical (unpaired) electrons. The van der Waals surface area contributed by atoms with E-state index in [0.29, 0.717) is 11.1 Å². The SMILES string of the molecule is Nc1c(F)cc(F)cc1-c1ccncc1. The lowest BCUT2D eigenvalue weighted by Gasteiger charge is -2.06. The first-order valence-corrected chi connectivity index (χ1v) is 4.33. The van der Waals surface area contributed by atoms with Crippen LogP contribution in [0.15, 0.2) is 36.7 Å². The van der Waals surface area contributed by atoms with E-state index >= 15 is 0 Å². The summed E-state index contributed by atoms with van der Waals surface area (Å²) >= 11 is 0. The van der Waals surface area contributed by atoms with Crippen LogP contribution >= 0.6 is 0 Å². The molecule has 76 valence electrons. The Morgan fingerprint density at radius 2 is 1.73 bits per heavy atom. The lowest BCUT2D eigenvalue weighted by atomic mass is 10.0. The van der Waals surface area contributed by atoms with E-state index in [-0.39, 0.29) is 5.69 Å². The van der Waals surface area contributed by atoms with Crippen LogP contribution < -0.4 is 5.73 Å². The van der Waals surface area contributed by atoms with Crippen LogP contribution in [0.3, 0.4) is 0 Å². The van der Waals surface area contributed by atoms with Gasteiger partial charge < -0.3 is 5.73 Å². The third-order valence-corrected chi connectivity index (χ3v) is 2.09. The number of hydrogen-bond acceptors (Lipinski definition) is 2. The van der Waals surface area contributed by atoms with Gasteiger partial charge in [-0.2, -0.15) is 0 Å². The van der Waals surface area contributed by atoms with Gasteiger partial charge in [-0.05, 0) is 23.8 Å². The number of anilines is 1. The summed E-state index contributed by atoms with van der Waals surface area (Å²) in [5.74, 6) is -1.39. The van der Waals surface area contributed by atoms with Gasteiger partial charge in [-0.3, -0.25) is 4.98 Å². The maximum Gasteiger partial charge on any atom is 0.149 e. The molecular formula is C11H8F2N2. The zero-order valence-corrected chi connectivity index (χ0v) is 7.74. The number of nitrogen functional groups attached to an aromatic ring is 1. The molecule has 0 saturated heterocycles. The normalized spacial score (nSPS) is 10.3. The molecule has 0 aliphatic heterocycles. The summed E-state index contributed by atoms with van der Waals surface area (Å²) in [5.41, 5.74) is 6.45. The Morgan fingerprint density at radius 3 is 2.40 bits per heavy atom. The summed E-state index contributed by atoms with van der Waals surface area (Å²) in [7, 11) is 0. The van der Waals surface area contributed by atoms with Gasteiger partial charge in [-0.25, -0.2) is 8.78 Å². The van der Waals surface area contributed by atoms with Crippen molar-refractivity contribution in [3.63, 3.8) is 0 Å². The zero-order chi connectivity index (χ0) is 10.8. The standard InChI is InChI=1S/C11H8F2N2/c12-8-5-9(11(14)10(13)6-8)7-1-3-15-4-2-7/h1-6H,14H2. The van der Waals surface area contributed by atoms with Crippen LogP contribution in [0.25, 0.3) is 11.1 Å². The van der Waals surface area contributed by atoms with Crippen molar-refractivity contribution in [2.75, 3.05) is 5.73 Å². The maximum atomic E-state index is 13.1. The number of pyridine rings is 1. The molecule has 0 unspecified atom stereocenters. The second-order valence-corrected chi connectivity index (χ2v) is 3.08. The van der Waals surface area contributed by atoms with E-state index in [1.807, 2.05) is 0 Å². The number of benzene rings is 1. The van der Waals surface area contributed by atoms with E-state index in [1.165, 1.54) is 18.5 Å². The fraction of sp³-hybridized carbons (Fsp3) is 0. The Hall–Kier alpha value is -1.97. The van der Waals surface area contributed by atoms with E-state index in [1.54, 1.807) is 12.1 Å². The predicted molar refractivity (Wildman–Crippen MR) is 54.0 cm³/mol. The van der Waals surface area contributed by atoms with Gasteiger partial charge in [0.05, 0.1) is 5.69 Å². The number of rotatable bonds is 1. The number of halogens is 2. The Balaban J connectivity index is 2.63. The highest BCUT2D eigenvalue weighted by Crippen LogP contribution is 2.28. The first-order chi connectivity index (χ1) is 7.18. The van der Waals surface area contributed by atoms with E-state index in [9.17, 15) is 8.78 Å². The molecule has 0 atom stereocenters. The molecule has 0 spiro atoms. The third kappa shape index (κ3) is 1.79. The van der Waals surface area contributed by atoms with Crippen molar-refractivity contribution < 1.29 is 8.78 Å². The van der Waals surface area contributed by atoms with Gasteiger partial charge in [0.15, 0.2) is 0 Å². The van der Waals surface area contributed by atoms with Gasteiger partial charge >= 0.3 is 0 Å². The molecule has 2 nitrogen and oxygen atoms in total. The minimum atomic E-state index is -0.748. The molecule has 2 N–H and O–H groups in total. The van der Waals surface area contributed by atoms with Crippen LogP contribution in [0.2, 0.25) is 0 Å². The number of nitrogens with zero attached hydrogens (tertiary/aromatic N) is 1. The number of hydrogen-bond donors (Lipinski definition) is 1. The third-order valence-electron chi connectivity index (χ3n) is 2.09. The fourth-order valence-electron chi connectivity index (χ4n) is 1.36. The minimum absolute atomic E-state index is 0.0531. The van der Waals surface area contributed by atoms with Crippen molar-refractivity contribution >= 4 is 5.69 Å². The Kier molecular flexibility index (Phi) is 2.33. The molecule has 15 heavy (non-hydrogen) atoms. The van der Waals surface area contributed by atoms with Crippen LogP contribution in [-0.4, -0.2) is 4.98 Å². The van der Waals surface area contributed by atoms with Gasteiger partial charge in [0.2, 0.25) is 0 Å². The van der Waals surface area contributed by atoms with Crippen LogP contribution in [0.1, 0.15) is 0 Å². The Morgan fingerprint density at radius 1 is 1.07 bits per heavy atom. The predicted octanol–water partition coefficient (Wildman–Crippen LogP) is 2.61. The van der Waals surface area contributed by atoms with E-state index in [0.717, 1.165) is 6.07 Å². The molecule has 1 aromatic heterocycles. The topological polar surface area (TPSA) is 38.9 Å². The van der Waals surface area contributed by atoms with Gasteiger partial charge in [-0.1, -0.05) is 0 Å². The number of aromatic nitrogens is 1. The summed E-state index contributed by atoms with van der Waals surface area (Å²) in [6, 6.07) is 5.25. The highest BCUT2D eigenvalue weighted by atomic mass is 19.1.